The van der Waals surface area contributed by atoms with Crippen molar-refractivity contribution in [3.05, 3.63) is 89.8 Å². The molecule has 1 N–H and O–H groups in total. The second-order valence-corrected chi connectivity index (χ2v) is 7.48. The molecule has 0 saturated heterocycles. The molecule has 3 heterocycles. The number of rotatable bonds is 5. The first-order valence-corrected chi connectivity index (χ1v) is 10.2. The van der Waals surface area contributed by atoms with E-state index in [1.54, 1.807) is 12.3 Å². The number of fused-ring (bicyclic) bond motifs is 1. The minimum atomic E-state index is -0.296. The van der Waals surface area contributed by atoms with Crippen LogP contribution in [0.5, 0.6) is 0 Å². The summed E-state index contributed by atoms with van der Waals surface area (Å²) in [6.45, 7) is 4.18. The molecular formula is C25H20FN5O. The zero-order chi connectivity index (χ0) is 22.1. The minimum absolute atomic E-state index is 0.296. The van der Waals surface area contributed by atoms with Crippen molar-refractivity contribution < 1.29 is 8.91 Å². The summed E-state index contributed by atoms with van der Waals surface area (Å²) in [7, 11) is 0. The lowest BCUT2D eigenvalue weighted by Crippen LogP contribution is -2.06. The molecule has 2 aromatic carbocycles. The van der Waals surface area contributed by atoms with Crippen LogP contribution >= 0.6 is 0 Å². The van der Waals surface area contributed by atoms with Gasteiger partial charge in [0, 0.05) is 6.20 Å². The lowest BCUT2D eigenvalue weighted by molar-refractivity contribution is 0.393. The summed E-state index contributed by atoms with van der Waals surface area (Å²) in [5.74, 6) is 1.51. The van der Waals surface area contributed by atoms with Crippen LogP contribution in [0.4, 0.5) is 10.2 Å². The first kappa shape index (κ1) is 19.8. The van der Waals surface area contributed by atoms with Gasteiger partial charge in [0.1, 0.15) is 17.4 Å². The predicted octanol–water partition coefficient (Wildman–Crippen LogP) is 5.71. The molecular weight excluding hydrogens is 405 g/mol. The maximum absolute atomic E-state index is 14.0. The van der Waals surface area contributed by atoms with Gasteiger partial charge in [-0.1, -0.05) is 35.5 Å². The maximum atomic E-state index is 14.0. The Morgan fingerprint density at radius 1 is 0.969 bits per heavy atom. The van der Waals surface area contributed by atoms with E-state index in [1.807, 2.05) is 56.3 Å². The van der Waals surface area contributed by atoms with Gasteiger partial charge < -0.3 is 9.84 Å². The standard InChI is InChI=1S/C25H20FN5O/c1-15-22(16(2)32-31-15)25-29-21-11-6-10-20(17-7-5-8-18(26)13-17)23(21)24(30-25)28-14-19-9-3-4-12-27-19/h3-13H,14H2,1-2H3,(H,28,29,30). The van der Waals surface area contributed by atoms with E-state index in [0.29, 0.717) is 23.9 Å². The van der Waals surface area contributed by atoms with E-state index in [-0.39, 0.29) is 5.82 Å². The molecule has 158 valence electrons. The molecule has 0 radical (unpaired) electrons. The summed E-state index contributed by atoms with van der Waals surface area (Å²) in [6, 6.07) is 18.1. The van der Waals surface area contributed by atoms with E-state index in [2.05, 4.69) is 15.5 Å². The van der Waals surface area contributed by atoms with Crippen LogP contribution in [0.3, 0.4) is 0 Å². The van der Waals surface area contributed by atoms with Gasteiger partial charge in [-0.3, -0.25) is 4.98 Å². The molecule has 5 aromatic rings. The number of benzene rings is 2. The second kappa shape index (κ2) is 8.19. The largest absolute Gasteiger partial charge is 0.364 e. The van der Waals surface area contributed by atoms with Crippen molar-refractivity contribution in [2.45, 2.75) is 20.4 Å². The highest BCUT2D eigenvalue weighted by Gasteiger charge is 2.19. The first-order valence-electron chi connectivity index (χ1n) is 10.2. The van der Waals surface area contributed by atoms with E-state index in [0.717, 1.165) is 39.0 Å². The number of anilines is 1. The third-order valence-electron chi connectivity index (χ3n) is 5.28. The fourth-order valence-electron chi connectivity index (χ4n) is 3.80. The number of hydrogen-bond donors (Lipinski definition) is 1. The summed E-state index contributed by atoms with van der Waals surface area (Å²) in [4.78, 5) is 14.0. The summed E-state index contributed by atoms with van der Waals surface area (Å²) in [6.07, 6.45) is 1.75. The van der Waals surface area contributed by atoms with Crippen molar-refractivity contribution in [1.29, 1.82) is 0 Å². The summed E-state index contributed by atoms with van der Waals surface area (Å²) >= 11 is 0. The maximum Gasteiger partial charge on any atom is 0.167 e. The van der Waals surface area contributed by atoms with Crippen LogP contribution in [0.15, 0.2) is 71.4 Å². The number of hydrogen-bond acceptors (Lipinski definition) is 6. The zero-order valence-corrected chi connectivity index (χ0v) is 17.6. The smallest absolute Gasteiger partial charge is 0.167 e. The summed E-state index contributed by atoms with van der Waals surface area (Å²) in [5, 5.41) is 8.26. The quantitative estimate of drug-likeness (QED) is 0.388. The Hall–Kier alpha value is -4.13. The van der Waals surface area contributed by atoms with E-state index < -0.39 is 0 Å². The highest BCUT2D eigenvalue weighted by molar-refractivity contribution is 6.02. The van der Waals surface area contributed by atoms with Gasteiger partial charge >= 0.3 is 0 Å². The fraction of sp³-hybridized carbons (Fsp3) is 0.120. The predicted molar refractivity (Wildman–Crippen MR) is 121 cm³/mol. The van der Waals surface area contributed by atoms with Gasteiger partial charge in [-0.2, -0.15) is 0 Å². The minimum Gasteiger partial charge on any atom is -0.364 e. The van der Waals surface area contributed by atoms with Crippen LogP contribution in [-0.4, -0.2) is 20.1 Å². The topological polar surface area (TPSA) is 76.7 Å². The van der Waals surface area contributed by atoms with Gasteiger partial charge in [-0.15, -0.1) is 0 Å². The average molecular weight is 425 g/mol. The molecule has 0 aliphatic carbocycles. The molecule has 7 heteroatoms. The molecule has 32 heavy (non-hydrogen) atoms. The third-order valence-corrected chi connectivity index (χ3v) is 5.28. The lowest BCUT2D eigenvalue weighted by Gasteiger charge is -2.14. The summed E-state index contributed by atoms with van der Waals surface area (Å²) in [5.41, 5.74) is 4.70. The van der Waals surface area contributed by atoms with Crippen molar-refractivity contribution >= 4 is 16.7 Å². The van der Waals surface area contributed by atoms with Crippen LogP contribution in [0.1, 0.15) is 17.1 Å². The molecule has 0 fully saturated rings. The monoisotopic (exact) mass is 425 g/mol. The molecule has 0 aliphatic heterocycles. The average Bonchev–Trinajstić information content (AvgIpc) is 3.15. The van der Waals surface area contributed by atoms with Gasteiger partial charge in [0.25, 0.3) is 0 Å². The van der Waals surface area contributed by atoms with Gasteiger partial charge in [0.2, 0.25) is 0 Å². The molecule has 0 aliphatic rings. The molecule has 0 unspecified atom stereocenters. The second-order valence-electron chi connectivity index (χ2n) is 7.48. The number of pyridine rings is 1. The molecule has 0 bridgehead atoms. The number of nitrogens with one attached hydrogen (secondary N) is 1. The van der Waals surface area contributed by atoms with Gasteiger partial charge in [0.05, 0.1) is 34.4 Å². The Bertz CT molecular complexity index is 1400. The zero-order valence-electron chi connectivity index (χ0n) is 17.6. The van der Waals surface area contributed by atoms with Crippen LogP contribution in [0, 0.1) is 19.7 Å². The molecule has 0 spiro atoms. The molecule has 0 saturated carbocycles. The normalized spacial score (nSPS) is 11.1. The number of halogens is 1. The highest BCUT2D eigenvalue weighted by atomic mass is 19.1. The first-order chi connectivity index (χ1) is 15.6. The number of aromatic nitrogens is 4. The highest BCUT2D eigenvalue weighted by Crippen LogP contribution is 2.35. The van der Waals surface area contributed by atoms with Crippen molar-refractivity contribution in [2.24, 2.45) is 0 Å². The van der Waals surface area contributed by atoms with Crippen molar-refractivity contribution in [3.63, 3.8) is 0 Å². The van der Waals surface area contributed by atoms with E-state index >= 15 is 0 Å². The van der Waals surface area contributed by atoms with E-state index in [9.17, 15) is 4.39 Å². The van der Waals surface area contributed by atoms with Crippen molar-refractivity contribution in [3.8, 4) is 22.5 Å². The van der Waals surface area contributed by atoms with Gasteiger partial charge in [-0.25, -0.2) is 14.4 Å². The fourth-order valence-corrected chi connectivity index (χ4v) is 3.80. The Labute approximate surface area is 184 Å². The third kappa shape index (κ3) is 3.69. The van der Waals surface area contributed by atoms with Gasteiger partial charge in [0.15, 0.2) is 5.82 Å². The van der Waals surface area contributed by atoms with Crippen LogP contribution in [-0.2, 0) is 6.54 Å². The van der Waals surface area contributed by atoms with E-state index in [4.69, 9.17) is 14.5 Å². The molecule has 6 nitrogen and oxygen atoms in total. The number of nitrogens with zero attached hydrogens (tertiary/aromatic N) is 4. The molecule has 0 amide bonds. The Balaban J connectivity index is 1.71. The van der Waals surface area contributed by atoms with Crippen molar-refractivity contribution in [2.75, 3.05) is 5.32 Å². The number of aryl methyl sites for hydroxylation is 2. The molecule has 5 rings (SSSR count). The molecule has 3 aromatic heterocycles. The Kier molecular flexibility index (Phi) is 5.07. The molecule has 0 atom stereocenters. The van der Waals surface area contributed by atoms with Gasteiger partial charge in [-0.05, 0) is 55.3 Å². The Morgan fingerprint density at radius 2 is 1.84 bits per heavy atom. The SMILES string of the molecule is Cc1noc(C)c1-c1nc(NCc2ccccn2)c2c(-c3cccc(F)c3)cccc2n1. The Morgan fingerprint density at radius 3 is 2.59 bits per heavy atom. The lowest BCUT2D eigenvalue weighted by atomic mass is 10.0. The van der Waals surface area contributed by atoms with Crippen LogP contribution < -0.4 is 5.32 Å². The van der Waals surface area contributed by atoms with Crippen molar-refractivity contribution in [1.82, 2.24) is 20.1 Å². The van der Waals surface area contributed by atoms with E-state index in [1.165, 1.54) is 12.1 Å². The van der Waals surface area contributed by atoms with Crippen LogP contribution in [0.2, 0.25) is 0 Å². The summed E-state index contributed by atoms with van der Waals surface area (Å²) < 4.78 is 19.3. The van der Waals surface area contributed by atoms with Crippen LogP contribution in [0.25, 0.3) is 33.4 Å².